The quantitative estimate of drug-likeness (QED) is 0.452. The fourth-order valence-electron chi connectivity index (χ4n) is 4.37. The van der Waals surface area contributed by atoms with Gasteiger partial charge >= 0.3 is 6.03 Å². The van der Waals surface area contributed by atoms with E-state index >= 15 is 0 Å². The van der Waals surface area contributed by atoms with E-state index in [4.69, 9.17) is 19.5 Å². The molecule has 1 aliphatic heterocycles. The highest BCUT2D eigenvalue weighted by atomic mass is 16.5. The first kappa shape index (κ1) is 27.3. The lowest BCUT2D eigenvalue weighted by molar-refractivity contribution is -0.119. The van der Waals surface area contributed by atoms with Crippen molar-refractivity contribution in [1.29, 1.82) is 5.26 Å². The SMILES string of the molecule is COc1ccc(CN(C=O)C(=O)N(c2ccc(OC(C)C#N)cc2C)C2CCN(C=O)CC2)cc1OC. The summed E-state index contributed by atoms with van der Waals surface area (Å²) >= 11 is 0. The Morgan fingerprint density at radius 3 is 2.41 bits per heavy atom. The Morgan fingerprint density at radius 1 is 1.14 bits per heavy atom. The summed E-state index contributed by atoms with van der Waals surface area (Å²) in [7, 11) is 3.05. The molecule has 0 aliphatic carbocycles. The second-order valence-corrected chi connectivity index (χ2v) is 8.79. The van der Waals surface area contributed by atoms with Crippen molar-refractivity contribution >= 4 is 24.5 Å². The molecule has 0 bridgehead atoms. The number of anilines is 1. The van der Waals surface area contributed by atoms with Gasteiger partial charge in [0, 0.05) is 24.8 Å². The molecule has 0 N–H and O–H groups in total. The van der Waals surface area contributed by atoms with Crippen molar-refractivity contribution < 1.29 is 28.6 Å². The van der Waals surface area contributed by atoms with Crippen molar-refractivity contribution in [2.24, 2.45) is 0 Å². The van der Waals surface area contributed by atoms with Gasteiger partial charge in [-0.25, -0.2) is 4.79 Å². The molecule has 0 radical (unpaired) electrons. The van der Waals surface area contributed by atoms with Crippen LogP contribution < -0.4 is 19.1 Å². The number of aryl methyl sites for hydroxylation is 1. The van der Waals surface area contributed by atoms with E-state index in [-0.39, 0.29) is 12.6 Å². The number of carbonyl (C=O) groups excluding carboxylic acids is 3. The van der Waals surface area contributed by atoms with Crippen LogP contribution in [0.5, 0.6) is 17.2 Å². The van der Waals surface area contributed by atoms with Gasteiger partial charge in [-0.1, -0.05) is 6.07 Å². The maximum absolute atomic E-state index is 13.9. The highest BCUT2D eigenvalue weighted by Gasteiger charge is 2.33. The van der Waals surface area contributed by atoms with E-state index in [9.17, 15) is 14.4 Å². The molecule has 3 rings (SSSR count). The summed E-state index contributed by atoms with van der Waals surface area (Å²) in [6, 6.07) is 11.8. The first-order valence-electron chi connectivity index (χ1n) is 12.0. The molecule has 0 saturated carbocycles. The second-order valence-electron chi connectivity index (χ2n) is 8.79. The van der Waals surface area contributed by atoms with Crippen LogP contribution in [0.2, 0.25) is 0 Å². The van der Waals surface area contributed by atoms with Crippen LogP contribution in [0.25, 0.3) is 0 Å². The lowest BCUT2D eigenvalue weighted by Gasteiger charge is -2.39. The van der Waals surface area contributed by atoms with Crippen LogP contribution >= 0.6 is 0 Å². The Balaban J connectivity index is 1.94. The molecule has 1 unspecified atom stereocenters. The van der Waals surface area contributed by atoms with Gasteiger partial charge in [-0.3, -0.25) is 19.4 Å². The summed E-state index contributed by atoms with van der Waals surface area (Å²) in [5.74, 6) is 1.55. The van der Waals surface area contributed by atoms with Crippen molar-refractivity contribution in [3.63, 3.8) is 0 Å². The normalized spacial score (nSPS) is 14.2. The lowest BCUT2D eigenvalue weighted by Crippen LogP contribution is -2.52. The molecule has 1 heterocycles. The van der Waals surface area contributed by atoms with Crippen LogP contribution in [-0.2, 0) is 16.1 Å². The zero-order valence-electron chi connectivity index (χ0n) is 21.5. The number of nitrogens with zero attached hydrogens (tertiary/aromatic N) is 4. The minimum absolute atomic E-state index is 0.0340. The molecule has 0 aromatic heterocycles. The summed E-state index contributed by atoms with van der Waals surface area (Å²) in [5.41, 5.74) is 2.08. The topological polar surface area (TPSA) is 112 Å². The number of imide groups is 1. The number of ether oxygens (including phenoxy) is 3. The molecule has 37 heavy (non-hydrogen) atoms. The Morgan fingerprint density at radius 2 is 1.84 bits per heavy atom. The summed E-state index contributed by atoms with van der Waals surface area (Å²) in [6.45, 7) is 4.55. The zero-order valence-corrected chi connectivity index (χ0v) is 21.5. The van der Waals surface area contributed by atoms with Crippen molar-refractivity contribution in [3.05, 3.63) is 47.5 Å². The fraction of sp³-hybridized carbons (Fsp3) is 0.407. The van der Waals surface area contributed by atoms with Gasteiger partial charge in [0.25, 0.3) is 0 Å². The molecule has 196 valence electrons. The summed E-state index contributed by atoms with van der Waals surface area (Å²) in [4.78, 5) is 41.7. The third-order valence-corrected chi connectivity index (χ3v) is 6.32. The van der Waals surface area contributed by atoms with Gasteiger partial charge in [-0.2, -0.15) is 5.26 Å². The Hall–Kier alpha value is -4.26. The first-order valence-corrected chi connectivity index (χ1v) is 12.0. The molecule has 1 saturated heterocycles. The third-order valence-electron chi connectivity index (χ3n) is 6.32. The second kappa shape index (κ2) is 12.6. The molecule has 10 nitrogen and oxygen atoms in total. The smallest absolute Gasteiger partial charge is 0.331 e. The number of carbonyl (C=O) groups is 3. The maximum Gasteiger partial charge on any atom is 0.331 e. The van der Waals surface area contributed by atoms with Gasteiger partial charge in [-0.05, 0) is 68.1 Å². The predicted molar refractivity (Wildman–Crippen MR) is 137 cm³/mol. The Bertz CT molecular complexity index is 1160. The number of hydrogen-bond acceptors (Lipinski definition) is 7. The fourth-order valence-corrected chi connectivity index (χ4v) is 4.37. The number of urea groups is 1. The minimum Gasteiger partial charge on any atom is -0.493 e. The first-order chi connectivity index (χ1) is 17.8. The monoisotopic (exact) mass is 508 g/mol. The number of piperidine rings is 1. The summed E-state index contributed by atoms with van der Waals surface area (Å²) < 4.78 is 16.2. The van der Waals surface area contributed by atoms with E-state index in [0.29, 0.717) is 60.8 Å². The van der Waals surface area contributed by atoms with Crippen LogP contribution in [0, 0.1) is 18.3 Å². The van der Waals surface area contributed by atoms with Crippen molar-refractivity contribution in [3.8, 4) is 23.3 Å². The molecule has 2 aromatic rings. The molecular weight excluding hydrogens is 476 g/mol. The largest absolute Gasteiger partial charge is 0.493 e. The highest BCUT2D eigenvalue weighted by Crippen LogP contribution is 2.32. The van der Waals surface area contributed by atoms with Crippen LogP contribution in [0.4, 0.5) is 10.5 Å². The number of benzene rings is 2. The summed E-state index contributed by atoms with van der Waals surface area (Å²) in [5, 5.41) is 9.05. The molecule has 2 aromatic carbocycles. The van der Waals surface area contributed by atoms with Gasteiger partial charge in [0.15, 0.2) is 17.6 Å². The van der Waals surface area contributed by atoms with Crippen molar-refractivity contribution in [2.45, 2.75) is 45.4 Å². The van der Waals surface area contributed by atoms with Gasteiger partial charge in [0.1, 0.15) is 11.8 Å². The van der Waals surface area contributed by atoms with Crippen LogP contribution in [0.1, 0.15) is 30.9 Å². The molecule has 4 amide bonds. The number of rotatable bonds is 10. The molecule has 1 fully saturated rings. The van der Waals surface area contributed by atoms with E-state index in [1.54, 1.807) is 53.1 Å². The van der Waals surface area contributed by atoms with Crippen LogP contribution in [0.15, 0.2) is 36.4 Å². The van der Waals surface area contributed by atoms with E-state index < -0.39 is 12.1 Å². The van der Waals surface area contributed by atoms with Crippen molar-refractivity contribution in [1.82, 2.24) is 9.80 Å². The van der Waals surface area contributed by atoms with Crippen LogP contribution in [0.3, 0.4) is 0 Å². The number of methoxy groups -OCH3 is 2. The molecule has 0 spiro atoms. The highest BCUT2D eigenvalue weighted by molar-refractivity contribution is 5.98. The average molecular weight is 509 g/mol. The van der Waals surface area contributed by atoms with E-state index in [0.717, 1.165) is 16.9 Å². The Labute approximate surface area is 216 Å². The van der Waals surface area contributed by atoms with E-state index in [1.165, 1.54) is 14.2 Å². The van der Waals surface area contributed by atoms with Crippen LogP contribution in [-0.4, -0.2) is 68.1 Å². The number of amides is 4. The van der Waals surface area contributed by atoms with E-state index in [1.807, 2.05) is 13.0 Å². The predicted octanol–water partition coefficient (Wildman–Crippen LogP) is 3.51. The number of hydrogen-bond donors (Lipinski definition) is 0. The molecule has 1 aliphatic rings. The molecule has 1 atom stereocenters. The third kappa shape index (κ3) is 6.50. The summed E-state index contributed by atoms with van der Waals surface area (Å²) in [6.07, 6.45) is 1.84. The van der Waals surface area contributed by atoms with Gasteiger partial charge in [0.05, 0.1) is 20.8 Å². The van der Waals surface area contributed by atoms with E-state index in [2.05, 4.69) is 0 Å². The minimum atomic E-state index is -0.623. The lowest BCUT2D eigenvalue weighted by atomic mass is 10.0. The standard InChI is InChI=1S/C27H32N4O6/c1-19-13-23(37-20(2)15-28)6-7-24(19)31(22-9-11-29(17-32)12-10-22)27(34)30(18-33)16-21-5-8-25(35-3)26(14-21)36-4/h5-8,13-14,17-18,20,22H,9-12,16H2,1-4H3. The van der Waals surface area contributed by atoms with Gasteiger partial charge in [-0.15, -0.1) is 0 Å². The molecule has 10 heteroatoms. The molecular formula is C27H32N4O6. The van der Waals surface area contributed by atoms with Crippen molar-refractivity contribution in [2.75, 3.05) is 32.2 Å². The number of likely N-dealkylation sites (tertiary alicyclic amines) is 1. The zero-order chi connectivity index (χ0) is 26.9. The number of nitriles is 1. The maximum atomic E-state index is 13.9. The van der Waals surface area contributed by atoms with Gasteiger partial charge in [0.2, 0.25) is 12.8 Å². The van der Waals surface area contributed by atoms with Gasteiger partial charge < -0.3 is 19.1 Å². The average Bonchev–Trinajstić information content (AvgIpc) is 2.92. The Kier molecular flexibility index (Phi) is 9.33.